The highest BCUT2D eigenvalue weighted by Gasteiger charge is 2.25. The van der Waals surface area contributed by atoms with Crippen molar-refractivity contribution in [3.63, 3.8) is 0 Å². The zero-order valence-electron chi connectivity index (χ0n) is 7.73. The Kier molecular flexibility index (Phi) is 3.33. The van der Waals surface area contributed by atoms with Crippen molar-refractivity contribution in [3.8, 4) is 0 Å². The molecule has 14 heavy (non-hydrogen) atoms. The number of nitrogens with one attached hydrogen (secondary N) is 1. The van der Waals surface area contributed by atoms with E-state index in [4.69, 9.17) is 0 Å². The molecule has 0 saturated carbocycles. The number of aromatic nitrogens is 1. The molecular weight excluding hydrogens is 193 g/mol. The number of nitrogens with zero attached hydrogens (tertiary/aromatic N) is 1. The second-order valence-corrected chi connectivity index (χ2v) is 2.92. The summed E-state index contributed by atoms with van der Waals surface area (Å²) in [4.78, 5) is 3.60. The van der Waals surface area contributed by atoms with E-state index in [2.05, 4.69) is 10.3 Å². The van der Waals surface area contributed by atoms with Gasteiger partial charge in [0.15, 0.2) is 0 Å². The highest BCUT2D eigenvalue weighted by Crippen LogP contribution is 2.17. The van der Waals surface area contributed by atoms with Gasteiger partial charge in [-0.05, 0) is 12.1 Å². The summed E-state index contributed by atoms with van der Waals surface area (Å²) in [6, 6.07) is 2.49. The van der Waals surface area contributed by atoms with Gasteiger partial charge in [0.05, 0.1) is 12.7 Å². The summed E-state index contributed by atoms with van der Waals surface area (Å²) in [6.07, 6.45) is 0.744. The lowest BCUT2D eigenvalue weighted by atomic mass is 10.2. The van der Waals surface area contributed by atoms with E-state index in [1.54, 1.807) is 0 Å². The summed E-state index contributed by atoms with van der Waals surface area (Å²) in [6.45, 7) is 0.919. The number of halogens is 3. The molecule has 0 spiro atoms. The first-order chi connectivity index (χ1) is 6.53. The Hall–Kier alpha value is -1.26. The number of hydrogen-bond donors (Lipinski definition) is 1. The molecule has 5 heteroatoms. The third-order valence-corrected chi connectivity index (χ3v) is 1.77. The van der Waals surface area contributed by atoms with E-state index in [1.165, 1.54) is 19.1 Å². The van der Waals surface area contributed by atoms with Crippen LogP contribution >= 0.6 is 0 Å². The van der Waals surface area contributed by atoms with Gasteiger partial charge in [0, 0.05) is 6.42 Å². The molecule has 1 N–H and O–H groups in total. The molecule has 0 radical (unpaired) electrons. The van der Waals surface area contributed by atoms with Gasteiger partial charge in [0.25, 0.3) is 5.92 Å². The Balaban J connectivity index is 2.50. The predicted molar refractivity (Wildman–Crippen MR) is 47.9 cm³/mol. The van der Waals surface area contributed by atoms with Gasteiger partial charge in [-0.3, -0.25) is 0 Å². The van der Waals surface area contributed by atoms with E-state index in [1.807, 2.05) is 0 Å². The minimum absolute atomic E-state index is 0.235. The fourth-order valence-electron chi connectivity index (χ4n) is 0.825. The highest BCUT2D eigenvalue weighted by atomic mass is 19.3. The number of alkyl halides is 2. The van der Waals surface area contributed by atoms with Crippen LogP contribution in [-0.4, -0.2) is 17.5 Å². The molecule has 0 aliphatic carbocycles. The van der Waals surface area contributed by atoms with E-state index < -0.39 is 18.3 Å². The molecule has 0 amide bonds. The molecule has 1 heterocycles. The van der Waals surface area contributed by atoms with Gasteiger partial charge in [-0.2, -0.15) is 0 Å². The minimum atomic E-state index is -2.75. The van der Waals surface area contributed by atoms with Gasteiger partial charge < -0.3 is 5.32 Å². The first kappa shape index (κ1) is 10.8. The predicted octanol–water partition coefficient (Wildman–Crippen LogP) is 2.68. The fraction of sp³-hybridized carbons (Fsp3) is 0.444. The van der Waals surface area contributed by atoms with Crippen LogP contribution in [0.15, 0.2) is 18.3 Å². The van der Waals surface area contributed by atoms with Gasteiger partial charge >= 0.3 is 0 Å². The second kappa shape index (κ2) is 4.30. The topological polar surface area (TPSA) is 24.9 Å². The minimum Gasteiger partial charge on any atom is -0.364 e. The van der Waals surface area contributed by atoms with Crippen molar-refractivity contribution in [3.05, 3.63) is 24.1 Å². The summed E-state index contributed by atoms with van der Waals surface area (Å²) in [7, 11) is 0. The van der Waals surface area contributed by atoms with Crippen LogP contribution in [0.3, 0.4) is 0 Å². The molecule has 2 nitrogen and oxygen atoms in total. The Bertz CT molecular complexity index is 285. The van der Waals surface area contributed by atoms with Crippen LogP contribution in [0.1, 0.15) is 13.3 Å². The van der Waals surface area contributed by atoms with Crippen molar-refractivity contribution < 1.29 is 13.2 Å². The molecule has 1 aromatic rings. The van der Waals surface area contributed by atoms with Gasteiger partial charge in [-0.1, -0.05) is 6.92 Å². The standard InChI is InChI=1S/C9H11F3N2/c1-2-9(11,12)6-14-8-4-3-7(10)5-13-8/h3-5H,2,6H2,1H3,(H,13,14). The van der Waals surface area contributed by atoms with E-state index >= 15 is 0 Å². The lowest BCUT2D eigenvalue weighted by molar-refractivity contribution is 0.0115. The van der Waals surface area contributed by atoms with Crippen LogP contribution in [0.2, 0.25) is 0 Å². The van der Waals surface area contributed by atoms with Gasteiger partial charge in [0.2, 0.25) is 0 Å². The van der Waals surface area contributed by atoms with E-state index in [0.29, 0.717) is 0 Å². The van der Waals surface area contributed by atoms with Crippen molar-refractivity contribution in [2.45, 2.75) is 19.3 Å². The molecular formula is C9H11F3N2. The number of rotatable bonds is 4. The van der Waals surface area contributed by atoms with Crippen LogP contribution in [0.4, 0.5) is 19.0 Å². The van der Waals surface area contributed by atoms with Crippen molar-refractivity contribution in [2.75, 3.05) is 11.9 Å². The molecule has 0 aliphatic rings. The lowest BCUT2D eigenvalue weighted by Crippen LogP contribution is -2.26. The van der Waals surface area contributed by atoms with Crippen LogP contribution < -0.4 is 5.32 Å². The molecule has 0 aromatic carbocycles. The lowest BCUT2D eigenvalue weighted by Gasteiger charge is -2.14. The molecule has 0 saturated heterocycles. The molecule has 1 aromatic heterocycles. The van der Waals surface area contributed by atoms with Crippen LogP contribution in [0, 0.1) is 5.82 Å². The summed E-state index contributed by atoms with van der Waals surface area (Å²) >= 11 is 0. The smallest absolute Gasteiger partial charge is 0.264 e. The Labute approximate surface area is 80.2 Å². The Morgan fingerprint density at radius 3 is 2.64 bits per heavy atom. The van der Waals surface area contributed by atoms with E-state index in [-0.39, 0.29) is 12.2 Å². The van der Waals surface area contributed by atoms with Crippen LogP contribution in [0.5, 0.6) is 0 Å². The zero-order valence-corrected chi connectivity index (χ0v) is 7.73. The quantitative estimate of drug-likeness (QED) is 0.815. The average molecular weight is 204 g/mol. The maximum absolute atomic E-state index is 12.8. The van der Waals surface area contributed by atoms with Gasteiger partial charge in [-0.25, -0.2) is 18.2 Å². The van der Waals surface area contributed by atoms with Gasteiger partial charge in [-0.15, -0.1) is 0 Å². The summed E-state index contributed by atoms with van der Waals surface area (Å²) < 4.78 is 37.9. The van der Waals surface area contributed by atoms with Crippen molar-refractivity contribution >= 4 is 5.82 Å². The second-order valence-electron chi connectivity index (χ2n) is 2.92. The zero-order chi connectivity index (χ0) is 10.6. The maximum Gasteiger partial charge on any atom is 0.264 e. The third-order valence-electron chi connectivity index (χ3n) is 1.77. The number of hydrogen-bond acceptors (Lipinski definition) is 2. The van der Waals surface area contributed by atoms with Crippen molar-refractivity contribution in [1.29, 1.82) is 0 Å². The fourth-order valence-corrected chi connectivity index (χ4v) is 0.825. The van der Waals surface area contributed by atoms with Crippen molar-refractivity contribution in [1.82, 2.24) is 4.98 Å². The Morgan fingerprint density at radius 1 is 1.43 bits per heavy atom. The summed E-state index contributed by atoms with van der Waals surface area (Å²) in [5.74, 6) is -2.99. The van der Waals surface area contributed by atoms with E-state index in [9.17, 15) is 13.2 Å². The van der Waals surface area contributed by atoms with Gasteiger partial charge in [0.1, 0.15) is 11.6 Å². The van der Waals surface area contributed by atoms with Crippen LogP contribution in [0.25, 0.3) is 0 Å². The molecule has 78 valence electrons. The largest absolute Gasteiger partial charge is 0.364 e. The molecule has 0 atom stereocenters. The summed E-state index contributed by atoms with van der Waals surface area (Å²) in [5.41, 5.74) is 0. The number of anilines is 1. The first-order valence-electron chi connectivity index (χ1n) is 4.27. The molecule has 0 unspecified atom stereocenters. The maximum atomic E-state index is 12.8. The SMILES string of the molecule is CCC(F)(F)CNc1ccc(F)cn1. The monoisotopic (exact) mass is 204 g/mol. The third kappa shape index (κ3) is 3.24. The summed E-state index contributed by atoms with van der Waals surface area (Å²) in [5, 5.41) is 2.44. The van der Waals surface area contributed by atoms with E-state index in [0.717, 1.165) is 6.20 Å². The Morgan fingerprint density at radius 2 is 2.14 bits per heavy atom. The molecule has 0 aliphatic heterocycles. The highest BCUT2D eigenvalue weighted by molar-refractivity contribution is 5.33. The normalized spacial score (nSPS) is 11.4. The average Bonchev–Trinajstić information content (AvgIpc) is 2.17. The molecule has 1 rings (SSSR count). The van der Waals surface area contributed by atoms with Crippen LogP contribution in [-0.2, 0) is 0 Å². The van der Waals surface area contributed by atoms with Crippen molar-refractivity contribution in [2.24, 2.45) is 0 Å². The first-order valence-corrected chi connectivity index (χ1v) is 4.27. The number of pyridine rings is 1. The molecule has 0 fully saturated rings. The molecule has 0 bridgehead atoms.